The summed E-state index contributed by atoms with van der Waals surface area (Å²) in [5, 5.41) is 0. The van der Waals surface area contributed by atoms with Gasteiger partial charge in [0.25, 0.3) is 0 Å². The number of fused-ring (bicyclic) bond motifs is 1. The van der Waals surface area contributed by atoms with Crippen molar-refractivity contribution in [1.29, 1.82) is 0 Å². The maximum Gasteiger partial charge on any atom is -0.0326 e. The predicted octanol–water partition coefficient (Wildman–Crippen LogP) is 14.4. The summed E-state index contributed by atoms with van der Waals surface area (Å²) >= 11 is 0. The fraction of sp³-hybridized carbons (Fsp3) is 1.00. The first-order chi connectivity index (χ1) is 20.4. The largest absolute Gasteiger partial charge is 0.0654 e. The van der Waals surface area contributed by atoms with Gasteiger partial charge in [0.1, 0.15) is 0 Å². The third kappa shape index (κ3) is 11.6. The molecule has 2 aliphatic rings. The summed E-state index contributed by atoms with van der Waals surface area (Å²) in [5.41, 5.74) is 0. The van der Waals surface area contributed by atoms with E-state index in [-0.39, 0.29) is 0 Å². The molecule has 256 valence electrons. The van der Waals surface area contributed by atoms with Crippen molar-refractivity contribution >= 4 is 0 Å². The Hall–Kier alpha value is 0. The monoisotopic (exact) mass is 601 g/mol. The summed E-state index contributed by atoms with van der Waals surface area (Å²) in [6.07, 6.45) is 21.8. The van der Waals surface area contributed by atoms with Crippen molar-refractivity contribution in [2.75, 3.05) is 0 Å². The third-order valence-electron chi connectivity index (χ3n) is 14.3. The first-order valence-corrected chi connectivity index (χ1v) is 20.4. The second-order valence-electron chi connectivity index (χ2n) is 18.0. The van der Waals surface area contributed by atoms with Crippen LogP contribution in [0, 0.1) is 88.8 Å². The molecule has 0 radical (unpaired) electrons. The van der Waals surface area contributed by atoms with Crippen LogP contribution in [-0.2, 0) is 0 Å². The summed E-state index contributed by atoms with van der Waals surface area (Å²) in [6.45, 7) is 32.9. The Morgan fingerprint density at radius 2 is 1.40 bits per heavy atom. The topological polar surface area (TPSA) is 0 Å². The molecule has 13 atom stereocenters. The van der Waals surface area contributed by atoms with Crippen molar-refractivity contribution in [3.8, 4) is 0 Å². The molecule has 0 nitrogen and oxygen atoms in total. The molecular weight excluding hydrogens is 516 g/mol. The summed E-state index contributed by atoms with van der Waals surface area (Å²) < 4.78 is 0. The Balaban J connectivity index is 1.98. The van der Waals surface area contributed by atoms with Gasteiger partial charge in [0.05, 0.1) is 0 Å². The second-order valence-corrected chi connectivity index (χ2v) is 18.0. The Morgan fingerprint density at radius 3 is 1.98 bits per heavy atom. The highest BCUT2D eigenvalue weighted by atomic mass is 14.5. The van der Waals surface area contributed by atoms with Crippen molar-refractivity contribution in [3.63, 3.8) is 0 Å². The quantitative estimate of drug-likeness (QED) is 0.123. The molecule has 13 unspecified atom stereocenters. The molecule has 0 aromatic rings. The molecular formula is C43H84. The highest BCUT2D eigenvalue weighted by Gasteiger charge is 2.48. The van der Waals surface area contributed by atoms with Gasteiger partial charge in [-0.05, 0) is 127 Å². The standard InChI is InChI=1S/C43H84/c1-14-17-21-37(15-2)26-33(10)36(13)42(25-29(4)5)38(16-3)22-18-20-31(8)35(12)40-23-19-24-41-39(27-32(9)30(6)7)28-34(11)43(40)41/h29-43H,14-28H2,1-13H3. The van der Waals surface area contributed by atoms with Crippen LogP contribution in [0.4, 0.5) is 0 Å². The summed E-state index contributed by atoms with van der Waals surface area (Å²) in [6, 6.07) is 0. The molecule has 0 amide bonds. The average Bonchev–Trinajstić information content (AvgIpc) is 3.29. The van der Waals surface area contributed by atoms with Crippen molar-refractivity contribution in [2.45, 2.75) is 186 Å². The molecule has 2 saturated carbocycles. The van der Waals surface area contributed by atoms with Gasteiger partial charge in [0.2, 0.25) is 0 Å². The molecule has 0 heterocycles. The van der Waals surface area contributed by atoms with E-state index in [2.05, 4.69) is 90.0 Å². The van der Waals surface area contributed by atoms with Gasteiger partial charge in [-0.1, -0.05) is 148 Å². The molecule has 0 spiro atoms. The number of unbranched alkanes of at least 4 members (excludes halogenated alkanes) is 1. The summed E-state index contributed by atoms with van der Waals surface area (Å²) in [7, 11) is 0. The summed E-state index contributed by atoms with van der Waals surface area (Å²) in [4.78, 5) is 0. The van der Waals surface area contributed by atoms with Gasteiger partial charge in [0, 0.05) is 0 Å². The van der Waals surface area contributed by atoms with Crippen molar-refractivity contribution in [3.05, 3.63) is 0 Å². The minimum absolute atomic E-state index is 0.815. The fourth-order valence-electron chi connectivity index (χ4n) is 10.8. The Morgan fingerprint density at radius 1 is 0.698 bits per heavy atom. The van der Waals surface area contributed by atoms with E-state index < -0.39 is 0 Å². The van der Waals surface area contributed by atoms with Gasteiger partial charge in [-0.3, -0.25) is 0 Å². The minimum atomic E-state index is 0.815. The molecule has 2 aliphatic carbocycles. The molecule has 0 N–H and O–H groups in total. The van der Waals surface area contributed by atoms with Crippen LogP contribution in [0.2, 0.25) is 0 Å². The normalized spacial score (nSPS) is 30.1. The van der Waals surface area contributed by atoms with E-state index in [1.807, 2.05) is 0 Å². The zero-order valence-electron chi connectivity index (χ0n) is 32.3. The average molecular weight is 601 g/mol. The van der Waals surface area contributed by atoms with Crippen molar-refractivity contribution in [2.24, 2.45) is 88.8 Å². The van der Waals surface area contributed by atoms with E-state index in [9.17, 15) is 0 Å². The van der Waals surface area contributed by atoms with Gasteiger partial charge in [-0.25, -0.2) is 0 Å². The molecule has 43 heavy (non-hydrogen) atoms. The van der Waals surface area contributed by atoms with Crippen LogP contribution in [0.1, 0.15) is 186 Å². The van der Waals surface area contributed by atoms with Gasteiger partial charge >= 0.3 is 0 Å². The predicted molar refractivity (Wildman–Crippen MR) is 195 cm³/mol. The van der Waals surface area contributed by atoms with Crippen LogP contribution < -0.4 is 0 Å². The molecule has 0 aromatic carbocycles. The van der Waals surface area contributed by atoms with E-state index in [0.717, 1.165) is 88.8 Å². The van der Waals surface area contributed by atoms with E-state index in [0.29, 0.717) is 0 Å². The maximum atomic E-state index is 2.68. The van der Waals surface area contributed by atoms with E-state index >= 15 is 0 Å². The molecule has 0 heteroatoms. The summed E-state index contributed by atoms with van der Waals surface area (Å²) in [5.74, 6) is 13.8. The molecule has 0 saturated heterocycles. The maximum absolute atomic E-state index is 2.68. The molecule has 2 rings (SSSR count). The Bertz CT molecular complexity index is 705. The van der Waals surface area contributed by atoms with Crippen LogP contribution in [0.5, 0.6) is 0 Å². The highest BCUT2D eigenvalue weighted by molar-refractivity contribution is 4.97. The lowest BCUT2D eigenvalue weighted by Gasteiger charge is -2.43. The van der Waals surface area contributed by atoms with Gasteiger partial charge in [-0.2, -0.15) is 0 Å². The Kier molecular flexibility index (Phi) is 17.9. The van der Waals surface area contributed by atoms with E-state index in [4.69, 9.17) is 0 Å². The molecule has 0 aromatic heterocycles. The smallest absolute Gasteiger partial charge is 0.0326 e. The van der Waals surface area contributed by atoms with Crippen LogP contribution in [-0.4, -0.2) is 0 Å². The van der Waals surface area contributed by atoms with Gasteiger partial charge < -0.3 is 0 Å². The van der Waals surface area contributed by atoms with Gasteiger partial charge in [-0.15, -0.1) is 0 Å². The number of rotatable bonds is 21. The van der Waals surface area contributed by atoms with Crippen LogP contribution in [0.25, 0.3) is 0 Å². The van der Waals surface area contributed by atoms with E-state index in [1.54, 1.807) is 0 Å². The lowest BCUT2D eigenvalue weighted by molar-refractivity contribution is 0.0601. The zero-order chi connectivity index (χ0) is 32.3. The first kappa shape index (κ1) is 39.2. The van der Waals surface area contributed by atoms with E-state index in [1.165, 1.54) is 96.3 Å². The Labute approximate surface area is 274 Å². The van der Waals surface area contributed by atoms with Crippen LogP contribution >= 0.6 is 0 Å². The highest BCUT2D eigenvalue weighted by Crippen LogP contribution is 2.56. The lowest BCUT2D eigenvalue weighted by atomic mass is 9.62. The molecule has 0 bridgehead atoms. The zero-order valence-corrected chi connectivity index (χ0v) is 32.3. The third-order valence-corrected chi connectivity index (χ3v) is 14.3. The van der Waals surface area contributed by atoms with Crippen molar-refractivity contribution in [1.82, 2.24) is 0 Å². The SMILES string of the molecule is CCCCC(CC)CC(C)C(C)C(CC(C)C)C(CC)CCCC(C)C(C)C1CCCC2C(CC(C)C(C)C)CC(C)C21. The number of hydrogen-bond donors (Lipinski definition) is 0. The van der Waals surface area contributed by atoms with Crippen molar-refractivity contribution < 1.29 is 0 Å². The number of hydrogen-bond acceptors (Lipinski definition) is 0. The van der Waals surface area contributed by atoms with Crippen LogP contribution in [0.15, 0.2) is 0 Å². The van der Waals surface area contributed by atoms with Crippen LogP contribution in [0.3, 0.4) is 0 Å². The second kappa shape index (κ2) is 19.6. The first-order valence-electron chi connectivity index (χ1n) is 20.4. The molecule has 2 fully saturated rings. The van der Waals surface area contributed by atoms with Gasteiger partial charge in [0.15, 0.2) is 0 Å². The molecule has 0 aliphatic heterocycles. The lowest BCUT2D eigenvalue weighted by Crippen LogP contribution is -2.36. The fourth-order valence-corrected chi connectivity index (χ4v) is 10.8. The minimum Gasteiger partial charge on any atom is -0.0654 e.